The van der Waals surface area contributed by atoms with Crippen LogP contribution >= 0.6 is 11.3 Å². The number of rotatable bonds is 3. The molecule has 2 rings (SSSR count). The van der Waals surface area contributed by atoms with Gasteiger partial charge in [0.15, 0.2) is 0 Å². The number of thiazole rings is 1. The first-order chi connectivity index (χ1) is 7.65. The molecule has 16 heavy (non-hydrogen) atoms. The van der Waals surface area contributed by atoms with E-state index in [-0.39, 0.29) is 0 Å². The van der Waals surface area contributed by atoms with Gasteiger partial charge in [-0.25, -0.2) is 4.98 Å². The lowest BCUT2D eigenvalue weighted by Gasteiger charge is -2.30. The minimum absolute atomic E-state index is 0.358. The summed E-state index contributed by atoms with van der Waals surface area (Å²) in [5.74, 6) is 0.544. The number of nitrogens with zero attached hydrogens (tertiary/aromatic N) is 2. The Kier molecular flexibility index (Phi) is 3.95. The van der Waals surface area contributed by atoms with Crippen molar-refractivity contribution in [3.8, 4) is 0 Å². The molecule has 3 nitrogen and oxygen atoms in total. The zero-order chi connectivity index (χ0) is 11.5. The fraction of sp³-hybridized carbons (Fsp3) is 0.750. The topological polar surface area (TPSA) is 25.4 Å². The van der Waals surface area contributed by atoms with Gasteiger partial charge in [-0.2, -0.15) is 0 Å². The Hall–Kier alpha value is -0.450. The average molecular weight is 240 g/mol. The third-order valence-electron chi connectivity index (χ3n) is 2.77. The van der Waals surface area contributed by atoms with Crippen molar-refractivity contribution in [1.29, 1.82) is 0 Å². The maximum Gasteiger partial charge on any atom is 0.0954 e. The standard InChI is InChI=1S/C12H20N2OS/c1-9(2)12-13-11(8-16-12)7-14-4-5-15-10(3)6-14/h8-10H,4-7H2,1-3H3. The van der Waals surface area contributed by atoms with Crippen LogP contribution in [0.4, 0.5) is 0 Å². The van der Waals surface area contributed by atoms with Crippen molar-refractivity contribution in [2.45, 2.75) is 39.3 Å². The first-order valence-corrected chi connectivity index (χ1v) is 6.81. The summed E-state index contributed by atoms with van der Waals surface area (Å²) in [6, 6.07) is 0. The van der Waals surface area contributed by atoms with E-state index in [1.54, 1.807) is 11.3 Å². The van der Waals surface area contributed by atoms with Crippen LogP contribution in [0.2, 0.25) is 0 Å². The highest BCUT2D eigenvalue weighted by molar-refractivity contribution is 7.09. The quantitative estimate of drug-likeness (QED) is 0.811. The van der Waals surface area contributed by atoms with E-state index in [0.29, 0.717) is 12.0 Å². The zero-order valence-electron chi connectivity index (χ0n) is 10.3. The van der Waals surface area contributed by atoms with Crippen molar-refractivity contribution in [1.82, 2.24) is 9.88 Å². The second-order valence-electron chi connectivity index (χ2n) is 4.75. The monoisotopic (exact) mass is 240 g/mol. The van der Waals surface area contributed by atoms with Gasteiger partial charge in [0.2, 0.25) is 0 Å². The van der Waals surface area contributed by atoms with Crippen molar-refractivity contribution in [2.75, 3.05) is 19.7 Å². The van der Waals surface area contributed by atoms with E-state index in [1.165, 1.54) is 10.7 Å². The van der Waals surface area contributed by atoms with Gasteiger partial charge in [0.25, 0.3) is 0 Å². The number of hydrogen-bond acceptors (Lipinski definition) is 4. The molecule has 1 aromatic heterocycles. The molecule has 0 radical (unpaired) electrons. The van der Waals surface area contributed by atoms with Crippen molar-refractivity contribution >= 4 is 11.3 Å². The number of ether oxygens (including phenoxy) is 1. The van der Waals surface area contributed by atoms with Crippen LogP contribution in [-0.2, 0) is 11.3 Å². The fourth-order valence-electron chi connectivity index (χ4n) is 1.92. The normalized spacial score (nSPS) is 22.9. The van der Waals surface area contributed by atoms with Gasteiger partial charge in [-0.15, -0.1) is 11.3 Å². The molecule has 0 aromatic carbocycles. The SMILES string of the molecule is CC1CN(Cc2csc(C(C)C)n2)CCO1. The molecule has 1 aliphatic heterocycles. The van der Waals surface area contributed by atoms with Crippen LogP contribution in [0.5, 0.6) is 0 Å². The Morgan fingerprint density at radius 3 is 3.06 bits per heavy atom. The maximum atomic E-state index is 5.53. The lowest BCUT2D eigenvalue weighted by atomic mass is 10.2. The molecule has 1 aliphatic rings. The van der Waals surface area contributed by atoms with E-state index in [4.69, 9.17) is 4.74 Å². The number of morpholine rings is 1. The molecule has 0 spiro atoms. The molecule has 1 saturated heterocycles. The van der Waals surface area contributed by atoms with Gasteiger partial charge in [-0.1, -0.05) is 13.8 Å². The van der Waals surface area contributed by atoms with Crippen molar-refractivity contribution in [3.63, 3.8) is 0 Å². The summed E-state index contributed by atoms with van der Waals surface area (Å²) >= 11 is 1.78. The van der Waals surface area contributed by atoms with Gasteiger partial charge in [-0.3, -0.25) is 4.90 Å². The van der Waals surface area contributed by atoms with Gasteiger partial charge in [0.05, 0.1) is 23.4 Å². The average Bonchev–Trinajstić information content (AvgIpc) is 2.66. The second-order valence-corrected chi connectivity index (χ2v) is 5.64. The first-order valence-electron chi connectivity index (χ1n) is 5.93. The molecule has 0 aliphatic carbocycles. The third-order valence-corrected chi connectivity index (χ3v) is 3.97. The first kappa shape index (κ1) is 12.0. The number of hydrogen-bond donors (Lipinski definition) is 0. The summed E-state index contributed by atoms with van der Waals surface area (Å²) in [5.41, 5.74) is 1.21. The molecule has 0 saturated carbocycles. The molecule has 1 unspecified atom stereocenters. The van der Waals surface area contributed by atoms with Gasteiger partial charge < -0.3 is 4.74 Å². The Balaban J connectivity index is 1.92. The van der Waals surface area contributed by atoms with Crippen LogP contribution in [0.1, 0.15) is 37.4 Å². The minimum atomic E-state index is 0.358. The summed E-state index contributed by atoms with van der Waals surface area (Å²) in [7, 11) is 0. The largest absolute Gasteiger partial charge is 0.376 e. The molecule has 1 aromatic rings. The van der Waals surface area contributed by atoms with Crippen LogP contribution in [0, 0.1) is 0 Å². The van der Waals surface area contributed by atoms with E-state index in [9.17, 15) is 0 Å². The zero-order valence-corrected chi connectivity index (χ0v) is 11.1. The van der Waals surface area contributed by atoms with Gasteiger partial charge in [0.1, 0.15) is 0 Å². The van der Waals surface area contributed by atoms with E-state index in [2.05, 4.69) is 36.0 Å². The summed E-state index contributed by atoms with van der Waals surface area (Å²) < 4.78 is 5.53. The van der Waals surface area contributed by atoms with E-state index < -0.39 is 0 Å². The van der Waals surface area contributed by atoms with Crippen LogP contribution < -0.4 is 0 Å². The minimum Gasteiger partial charge on any atom is -0.376 e. The van der Waals surface area contributed by atoms with Crippen molar-refractivity contribution < 1.29 is 4.74 Å². The molecule has 0 N–H and O–H groups in total. The smallest absolute Gasteiger partial charge is 0.0954 e. The van der Waals surface area contributed by atoms with Crippen LogP contribution in [-0.4, -0.2) is 35.7 Å². The maximum absolute atomic E-state index is 5.53. The predicted molar refractivity (Wildman–Crippen MR) is 66.9 cm³/mol. The second kappa shape index (κ2) is 5.25. The molecule has 0 bridgehead atoms. The highest BCUT2D eigenvalue weighted by atomic mass is 32.1. The predicted octanol–water partition coefficient (Wildman–Crippen LogP) is 2.49. The molecule has 1 fully saturated rings. The van der Waals surface area contributed by atoms with Crippen LogP contribution in [0.3, 0.4) is 0 Å². The summed E-state index contributed by atoms with van der Waals surface area (Å²) in [6.07, 6.45) is 0.358. The van der Waals surface area contributed by atoms with Crippen molar-refractivity contribution in [2.24, 2.45) is 0 Å². The molecular weight excluding hydrogens is 220 g/mol. The Labute approximate surface area is 101 Å². The molecule has 0 amide bonds. The van der Waals surface area contributed by atoms with Crippen molar-refractivity contribution in [3.05, 3.63) is 16.1 Å². The third kappa shape index (κ3) is 3.03. The summed E-state index contributed by atoms with van der Waals surface area (Å²) in [6.45, 7) is 10.4. The Morgan fingerprint density at radius 1 is 1.62 bits per heavy atom. The summed E-state index contributed by atoms with van der Waals surface area (Å²) in [4.78, 5) is 7.09. The lowest BCUT2D eigenvalue weighted by molar-refractivity contribution is -0.0215. The summed E-state index contributed by atoms with van der Waals surface area (Å²) in [5, 5.41) is 3.44. The van der Waals surface area contributed by atoms with E-state index >= 15 is 0 Å². The van der Waals surface area contributed by atoms with Gasteiger partial charge >= 0.3 is 0 Å². The highest BCUT2D eigenvalue weighted by Crippen LogP contribution is 2.20. The number of aromatic nitrogens is 1. The lowest BCUT2D eigenvalue weighted by Crippen LogP contribution is -2.40. The van der Waals surface area contributed by atoms with Gasteiger partial charge in [0, 0.05) is 30.9 Å². The molecule has 4 heteroatoms. The molecule has 90 valence electrons. The van der Waals surface area contributed by atoms with E-state index in [1.807, 2.05) is 0 Å². The van der Waals surface area contributed by atoms with Crippen LogP contribution in [0.25, 0.3) is 0 Å². The molecule has 1 atom stereocenters. The Bertz CT molecular complexity index is 338. The van der Waals surface area contributed by atoms with E-state index in [0.717, 1.165) is 26.2 Å². The van der Waals surface area contributed by atoms with Gasteiger partial charge in [-0.05, 0) is 6.92 Å². The van der Waals surface area contributed by atoms with Crippen LogP contribution in [0.15, 0.2) is 5.38 Å². The molecular formula is C12H20N2OS. The fourth-order valence-corrected chi connectivity index (χ4v) is 2.75. The molecule has 2 heterocycles. The highest BCUT2D eigenvalue weighted by Gasteiger charge is 2.17. The Morgan fingerprint density at radius 2 is 2.44 bits per heavy atom.